The summed E-state index contributed by atoms with van der Waals surface area (Å²) in [6.07, 6.45) is 7.63. The maximum atomic E-state index is 14.1. The van der Waals surface area contributed by atoms with E-state index in [1.807, 2.05) is 47.3 Å². The molecule has 0 unspecified atom stereocenters. The number of piperidine rings is 1. The number of nitrogens with one attached hydrogen (secondary N) is 1. The Morgan fingerprint density at radius 2 is 1.91 bits per heavy atom. The largest absolute Gasteiger partial charge is 0.297 e. The SMILES string of the molecule is Fc1ccccc1CN1CCC[C@@H](n2cc(-c3ccc4[nH]nc(-c5ccncc5)c4c3)nn2)C1. The third kappa shape index (κ3) is 3.97. The second kappa shape index (κ2) is 8.79. The van der Waals surface area contributed by atoms with E-state index < -0.39 is 0 Å². The fourth-order valence-electron chi connectivity index (χ4n) is 4.75. The molecule has 1 aliphatic rings. The summed E-state index contributed by atoms with van der Waals surface area (Å²) >= 11 is 0. The molecule has 2 aromatic carbocycles. The van der Waals surface area contributed by atoms with E-state index in [1.54, 1.807) is 18.5 Å². The highest BCUT2D eigenvalue weighted by Gasteiger charge is 2.23. The molecule has 1 atom stereocenters. The van der Waals surface area contributed by atoms with Gasteiger partial charge in [0.25, 0.3) is 0 Å². The number of nitrogens with zero attached hydrogens (tertiary/aromatic N) is 6. The highest BCUT2D eigenvalue weighted by atomic mass is 19.1. The minimum atomic E-state index is -0.145. The molecule has 0 bridgehead atoms. The highest BCUT2D eigenvalue weighted by molar-refractivity contribution is 5.95. The molecule has 0 saturated carbocycles. The van der Waals surface area contributed by atoms with Gasteiger partial charge in [-0.3, -0.25) is 15.0 Å². The molecule has 1 fully saturated rings. The Labute approximate surface area is 196 Å². The minimum absolute atomic E-state index is 0.145. The zero-order chi connectivity index (χ0) is 22.9. The fourth-order valence-corrected chi connectivity index (χ4v) is 4.75. The topological polar surface area (TPSA) is 75.5 Å². The van der Waals surface area contributed by atoms with Crippen LogP contribution in [0.2, 0.25) is 0 Å². The van der Waals surface area contributed by atoms with Crippen molar-refractivity contribution in [2.45, 2.75) is 25.4 Å². The van der Waals surface area contributed by atoms with Crippen molar-refractivity contribution in [2.24, 2.45) is 0 Å². The predicted octanol–water partition coefficient (Wildman–Crippen LogP) is 4.86. The van der Waals surface area contributed by atoms with Crippen molar-refractivity contribution in [1.82, 2.24) is 35.1 Å². The van der Waals surface area contributed by atoms with E-state index in [0.717, 1.165) is 64.9 Å². The van der Waals surface area contributed by atoms with Crippen molar-refractivity contribution in [2.75, 3.05) is 13.1 Å². The van der Waals surface area contributed by atoms with Crippen molar-refractivity contribution in [1.29, 1.82) is 0 Å². The van der Waals surface area contributed by atoms with E-state index in [9.17, 15) is 4.39 Å². The summed E-state index contributed by atoms with van der Waals surface area (Å²) in [6, 6.07) is 17.3. The molecule has 0 amide bonds. The Morgan fingerprint density at radius 1 is 1.03 bits per heavy atom. The molecule has 1 saturated heterocycles. The Kier molecular flexibility index (Phi) is 5.35. The first-order chi connectivity index (χ1) is 16.7. The molecular weight excluding hydrogens is 429 g/mol. The Morgan fingerprint density at radius 3 is 2.79 bits per heavy atom. The molecule has 0 radical (unpaired) electrons. The van der Waals surface area contributed by atoms with Gasteiger partial charge in [0.15, 0.2) is 0 Å². The molecule has 4 heterocycles. The first kappa shape index (κ1) is 20.7. The zero-order valence-corrected chi connectivity index (χ0v) is 18.6. The number of rotatable bonds is 5. The number of aromatic nitrogens is 6. The molecule has 3 aromatic heterocycles. The number of H-pyrrole nitrogens is 1. The maximum absolute atomic E-state index is 14.1. The van der Waals surface area contributed by atoms with Gasteiger partial charge in [0.1, 0.15) is 17.2 Å². The molecule has 0 spiro atoms. The van der Waals surface area contributed by atoms with E-state index >= 15 is 0 Å². The molecule has 6 rings (SSSR count). The van der Waals surface area contributed by atoms with Crippen molar-refractivity contribution in [3.8, 4) is 22.5 Å². The van der Waals surface area contributed by atoms with Gasteiger partial charge in [-0.1, -0.05) is 29.5 Å². The summed E-state index contributed by atoms with van der Waals surface area (Å²) in [7, 11) is 0. The third-order valence-electron chi connectivity index (χ3n) is 6.53. The van der Waals surface area contributed by atoms with Gasteiger partial charge in [-0.15, -0.1) is 5.10 Å². The summed E-state index contributed by atoms with van der Waals surface area (Å²) in [4.78, 5) is 6.40. The second-order valence-corrected chi connectivity index (χ2v) is 8.77. The summed E-state index contributed by atoms with van der Waals surface area (Å²) < 4.78 is 16.1. The van der Waals surface area contributed by atoms with E-state index in [2.05, 4.69) is 36.5 Å². The van der Waals surface area contributed by atoms with Crippen LogP contribution in [0.15, 0.2) is 73.2 Å². The normalized spacial score (nSPS) is 16.8. The summed E-state index contributed by atoms with van der Waals surface area (Å²) in [5.74, 6) is -0.145. The Bertz CT molecular complexity index is 1430. The Hall–Kier alpha value is -3.91. The Balaban J connectivity index is 1.23. The number of halogens is 1. The average molecular weight is 454 g/mol. The number of likely N-dealkylation sites (tertiary alicyclic amines) is 1. The molecule has 34 heavy (non-hydrogen) atoms. The summed E-state index contributed by atoms with van der Waals surface area (Å²) in [5.41, 5.74) is 5.44. The lowest BCUT2D eigenvalue weighted by molar-refractivity contribution is 0.160. The van der Waals surface area contributed by atoms with Gasteiger partial charge in [0, 0.05) is 47.6 Å². The van der Waals surface area contributed by atoms with Crippen LogP contribution in [0.4, 0.5) is 4.39 Å². The van der Waals surface area contributed by atoms with E-state index in [1.165, 1.54) is 6.07 Å². The molecule has 1 aliphatic heterocycles. The van der Waals surface area contributed by atoms with Crippen molar-refractivity contribution in [3.63, 3.8) is 0 Å². The third-order valence-corrected chi connectivity index (χ3v) is 6.53. The lowest BCUT2D eigenvalue weighted by Crippen LogP contribution is -2.36. The number of aromatic amines is 1. The predicted molar refractivity (Wildman–Crippen MR) is 128 cm³/mol. The summed E-state index contributed by atoms with van der Waals surface area (Å²) in [5, 5.41) is 17.6. The molecule has 8 heteroatoms. The number of fused-ring (bicyclic) bond motifs is 1. The van der Waals surface area contributed by atoms with Crippen LogP contribution < -0.4 is 0 Å². The van der Waals surface area contributed by atoms with Gasteiger partial charge in [0.05, 0.1) is 17.8 Å². The quantitative estimate of drug-likeness (QED) is 0.411. The van der Waals surface area contributed by atoms with Crippen LogP contribution in [-0.2, 0) is 6.54 Å². The fraction of sp³-hybridized carbons (Fsp3) is 0.231. The molecule has 1 N–H and O–H groups in total. The monoisotopic (exact) mass is 453 g/mol. The van der Waals surface area contributed by atoms with Gasteiger partial charge in [0.2, 0.25) is 0 Å². The van der Waals surface area contributed by atoms with E-state index in [-0.39, 0.29) is 11.9 Å². The van der Waals surface area contributed by atoms with Crippen LogP contribution in [0, 0.1) is 5.82 Å². The lowest BCUT2D eigenvalue weighted by atomic mass is 10.0. The van der Waals surface area contributed by atoms with Gasteiger partial charge >= 0.3 is 0 Å². The van der Waals surface area contributed by atoms with Crippen LogP contribution >= 0.6 is 0 Å². The average Bonchev–Trinajstić information content (AvgIpc) is 3.54. The van der Waals surface area contributed by atoms with E-state index in [4.69, 9.17) is 0 Å². The highest BCUT2D eigenvalue weighted by Crippen LogP contribution is 2.30. The van der Waals surface area contributed by atoms with Crippen molar-refractivity contribution in [3.05, 3.63) is 84.6 Å². The van der Waals surface area contributed by atoms with Crippen LogP contribution in [0.1, 0.15) is 24.4 Å². The van der Waals surface area contributed by atoms with Crippen molar-refractivity contribution >= 4 is 10.9 Å². The van der Waals surface area contributed by atoms with Gasteiger partial charge in [-0.05, 0) is 49.7 Å². The van der Waals surface area contributed by atoms with Gasteiger partial charge < -0.3 is 0 Å². The molecule has 7 nitrogen and oxygen atoms in total. The molecule has 5 aromatic rings. The first-order valence-electron chi connectivity index (χ1n) is 11.5. The molecule has 0 aliphatic carbocycles. The summed E-state index contributed by atoms with van der Waals surface area (Å²) in [6.45, 7) is 2.39. The zero-order valence-electron chi connectivity index (χ0n) is 18.6. The molecule has 170 valence electrons. The van der Waals surface area contributed by atoms with Crippen molar-refractivity contribution < 1.29 is 4.39 Å². The van der Waals surface area contributed by atoms with Crippen LogP contribution in [0.25, 0.3) is 33.4 Å². The number of benzene rings is 2. The number of hydrogen-bond donors (Lipinski definition) is 1. The lowest BCUT2D eigenvalue weighted by Gasteiger charge is -2.32. The minimum Gasteiger partial charge on any atom is -0.297 e. The second-order valence-electron chi connectivity index (χ2n) is 8.77. The smallest absolute Gasteiger partial charge is 0.127 e. The van der Waals surface area contributed by atoms with Crippen LogP contribution in [0.5, 0.6) is 0 Å². The van der Waals surface area contributed by atoms with Crippen LogP contribution in [-0.4, -0.2) is 48.2 Å². The standard InChI is InChI=1S/C26H24FN7/c27-23-6-2-1-4-20(23)15-33-13-3-5-21(16-33)34-17-25(30-32-34)19-7-8-24-22(14-19)26(31-29-24)18-9-11-28-12-10-18/h1-2,4,6-12,14,17,21H,3,5,13,15-16H2,(H,29,31)/t21-/m1/s1. The van der Waals surface area contributed by atoms with Gasteiger partial charge in [-0.2, -0.15) is 5.10 Å². The number of hydrogen-bond acceptors (Lipinski definition) is 5. The first-order valence-corrected chi connectivity index (χ1v) is 11.5. The number of pyridine rings is 1. The molecular formula is C26H24FN7. The van der Waals surface area contributed by atoms with Crippen LogP contribution in [0.3, 0.4) is 0 Å². The van der Waals surface area contributed by atoms with Gasteiger partial charge in [-0.25, -0.2) is 9.07 Å². The maximum Gasteiger partial charge on any atom is 0.127 e. The van der Waals surface area contributed by atoms with E-state index in [0.29, 0.717) is 6.54 Å².